The molecule has 26 heavy (non-hydrogen) atoms. The first kappa shape index (κ1) is 16.4. The third-order valence-corrected chi connectivity index (χ3v) is 4.92. The molecule has 0 aliphatic carbocycles. The molecule has 1 aromatic carbocycles. The summed E-state index contributed by atoms with van der Waals surface area (Å²) in [4.78, 5) is 34.6. The van der Waals surface area contributed by atoms with Crippen LogP contribution in [-0.2, 0) is 4.79 Å². The van der Waals surface area contributed by atoms with E-state index in [1.54, 1.807) is 35.4 Å². The van der Waals surface area contributed by atoms with Crippen LogP contribution in [0.3, 0.4) is 0 Å². The molecular formula is C19H16N4O2S. The van der Waals surface area contributed by atoms with Gasteiger partial charge >= 0.3 is 0 Å². The zero-order chi connectivity index (χ0) is 17.9. The molecule has 1 aliphatic heterocycles. The van der Waals surface area contributed by atoms with Gasteiger partial charge < -0.3 is 4.90 Å². The molecule has 2 aromatic heterocycles. The standard InChI is InChI=1S/C19H16N4O2S/c24-17-5-3-11-23(17)14-8-6-13(7-9-14)18(25)22-19-21-16(12-26-19)15-4-1-2-10-20-15/h1-2,4,6-10,12H,3,5,11H2,(H,21,22,25). The van der Waals surface area contributed by atoms with Crippen molar-refractivity contribution >= 4 is 34.0 Å². The lowest BCUT2D eigenvalue weighted by atomic mass is 10.2. The van der Waals surface area contributed by atoms with Crippen molar-refractivity contribution in [1.82, 2.24) is 9.97 Å². The summed E-state index contributed by atoms with van der Waals surface area (Å²) in [5, 5.41) is 5.19. The molecule has 0 atom stereocenters. The third-order valence-electron chi connectivity index (χ3n) is 4.17. The molecule has 0 unspecified atom stereocenters. The molecule has 3 aromatic rings. The lowest BCUT2D eigenvalue weighted by Crippen LogP contribution is -2.23. The fourth-order valence-corrected chi connectivity index (χ4v) is 3.55. The number of benzene rings is 1. The largest absolute Gasteiger partial charge is 0.312 e. The predicted molar refractivity (Wildman–Crippen MR) is 101 cm³/mol. The second-order valence-corrected chi connectivity index (χ2v) is 6.76. The van der Waals surface area contributed by atoms with Crippen molar-refractivity contribution in [2.45, 2.75) is 12.8 Å². The number of carbonyl (C=O) groups excluding carboxylic acids is 2. The molecule has 4 rings (SSSR count). The van der Waals surface area contributed by atoms with Crippen LogP contribution in [0.5, 0.6) is 0 Å². The molecule has 1 saturated heterocycles. The second kappa shape index (κ2) is 7.05. The highest BCUT2D eigenvalue weighted by molar-refractivity contribution is 7.14. The SMILES string of the molecule is O=C(Nc1nc(-c2ccccn2)cs1)c1ccc(N2CCCC2=O)cc1. The van der Waals surface area contributed by atoms with Gasteiger partial charge in [0.1, 0.15) is 5.69 Å². The average molecular weight is 364 g/mol. The van der Waals surface area contributed by atoms with Crippen molar-refractivity contribution in [3.8, 4) is 11.4 Å². The molecule has 0 bridgehead atoms. The summed E-state index contributed by atoms with van der Waals surface area (Å²) in [5.41, 5.74) is 2.85. The molecule has 7 heteroatoms. The minimum atomic E-state index is -0.230. The summed E-state index contributed by atoms with van der Waals surface area (Å²) in [7, 11) is 0. The van der Waals surface area contributed by atoms with Gasteiger partial charge in [0.15, 0.2) is 5.13 Å². The number of hydrogen-bond acceptors (Lipinski definition) is 5. The zero-order valence-corrected chi connectivity index (χ0v) is 14.7. The van der Waals surface area contributed by atoms with E-state index in [2.05, 4.69) is 15.3 Å². The summed E-state index contributed by atoms with van der Waals surface area (Å²) in [6.45, 7) is 0.736. The molecule has 1 aliphatic rings. The zero-order valence-electron chi connectivity index (χ0n) is 13.9. The molecule has 2 amide bonds. The Labute approximate surface area is 154 Å². The van der Waals surface area contributed by atoms with Crippen LogP contribution >= 0.6 is 11.3 Å². The number of hydrogen-bond donors (Lipinski definition) is 1. The van der Waals surface area contributed by atoms with Gasteiger partial charge in [-0.3, -0.25) is 19.9 Å². The van der Waals surface area contributed by atoms with Crippen molar-refractivity contribution in [2.24, 2.45) is 0 Å². The summed E-state index contributed by atoms with van der Waals surface area (Å²) in [6.07, 6.45) is 3.17. The smallest absolute Gasteiger partial charge is 0.257 e. The molecule has 1 N–H and O–H groups in total. The quantitative estimate of drug-likeness (QED) is 0.768. The molecule has 6 nitrogen and oxygen atoms in total. The van der Waals surface area contributed by atoms with Crippen LogP contribution in [0, 0.1) is 0 Å². The van der Waals surface area contributed by atoms with E-state index in [0.29, 0.717) is 17.1 Å². The Morgan fingerprint density at radius 2 is 1.96 bits per heavy atom. The Morgan fingerprint density at radius 1 is 1.12 bits per heavy atom. The maximum absolute atomic E-state index is 12.4. The van der Waals surface area contributed by atoms with Crippen LogP contribution in [0.15, 0.2) is 54.0 Å². The molecule has 3 heterocycles. The Kier molecular flexibility index (Phi) is 4.45. The Balaban J connectivity index is 1.45. The number of nitrogens with zero attached hydrogens (tertiary/aromatic N) is 3. The number of carbonyl (C=O) groups is 2. The van der Waals surface area contributed by atoms with Gasteiger partial charge in [0.05, 0.1) is 5.69 Å². The second-order valence-electron chi connectivity index (χ2n) is 5.90. The molecule has 0 radical (unpaired) electrons. The third kappa shape index (κ3) is 3.34. The topological polar surface area (TPSA) is 75.2 Å². The Morgan fingerprint density at radius 3 is 2.65 bits per heavy atom. The number of pyridine rings is 1. The van der Waals surface area contributed by atoms with Crippen molar-refractivity contribution in [1.29, 1.82) is 0 Å². The van der Waals surface area contributed by atoms with Crippen LogP contribution in [0.1, 0.15) is 23.2 Å². The maximum Gasteiger partial charge on any atom is 0.257 e. The fourth-order valence-electron chi connectivity index (χ4n) is 2.85. The van der Waals surface area contributed by atoms with E-state index in [0.717, 1.165) is 30.0 Å². The first-order chi connectivity index (χ1) is 12.7. The van der Waals surface area contributed by atoms with Crippen molar-refractivity contribution in [3.05, 3.63) is 59.6 Å². The summed E-state index contributed by atoms with van der Waals surface area (Å²) in [6, 6.07) is 12.7. The monoisotopic (exact) mass is 364 g/mol. The predicted octanol–water partition coefficient (Wildman–Crippen LogP) is 3.58. The van der Waals surface area contributed by atoms with E-state index >= 15 is 0 Å². The van der Waals surface area contributed by atoms with Gasteiger partial charge in [-0.05, 0) is 42.8 Å². The fraction of sp³-hybridized carbons (Fsp3) is 0.158. The van der Waals surface area contributed by atoms with Crippen LogP contribution in [-0.4, -0.2) is 28.3 Å². The van der Waals surface area contributed by atoms with Gasteiger partial charge in [0.2, 0.25) is 5.91 Å². The van der Waals surface area contributed by atoms with E-state index in [1.807, 2.05) is 23.6 Å². The Bertz CT molecular complexity index is 938. The minimum absolute atomic E-state index is 0.132. The molecular weight excluding hydrogens is 348 g/mol. The van der Waals surface area contributed by atoms with Gasteiger partial charge in [-0.2, -0.15) is 0 Å². The van der Waals surface area contributed by atoms with Crippen LogP contribution in [0.4, 0.5) is 10.8 Å². The number of thiazole rings is 1. The number of anilines is 2. The van der Waals surface area contributed by atoms with E-state index in [4.69, 9.17) is 0 Å². The Hall–Kier alpha value is -3.06. The van der Waals surface area contributed by atoms with Crippen LogP contribution < -0.4 is 10.2 Å². The molecule has 0 spiro atoms. The van der Waals surface area contributed by atoms with Gasteiger partial charge in [-0.1, -0.05) is 6.07 Å². The highest BCUT2D eigenvalue weighted by Gasteiger charge is 2.21. The van der Waals surface area contributed by atoms with Crippen LogP contribution in [0.25, 0.3) is 11.4 Å². The first-order valence-electron chi connectivity index (χ1n) is 8.29. The van der Waals surface area contributed by atoms with E-state index in [1.165, 1.54) is 11.3 Å². The van der Waals surface area contributed by atoms with Crippen molar-refractivity contribution < 1.29 is 9.59 Å². The van der Waals surface area contributed by atoms with Crippen molar-refractivity contribution in [3.63, 3.8) is 0 Å². The maximum atomic E-state index is 12.4. The number of rotatable bonds is 4. The summed E-state index contributed by atoms with van der Waals surface area (Å²) < 4.78 is 0. The molecule has 1 fully saturated rings. The van der Waals surface area contributed by atoms with Crippen molar-refractivity contribution in [2.75, 3.05) is 16.8 Å². The van der Waals surface area contributed by atoms with Gasteiger partial charge in [-0.25, -0.2) is 4.98 Å². The average Bonchev–Trinajstić information content (AvgIpc) is 3.32. The van der Waals surface area contributed by atoms with Crippen LogP contribution in [0.2, 0.25) is 0 Å². The highest BCUT2D eigenvalue weighted by atomic mass is 32.1. The lowest BCUT2D eigenvalue weighted by Gasteiger charge is -2.15. The highest BCUT2D eigenvalue weighted by Crippen LogP contribution is 2.25. The van der Waals surface area contributed by atoms with Gasteiger partial charge in [-0.15, -0.1) is 11.3 Å². The minimum Gasteiger partial charge on any atom is -0.312 e. The van der Waals surface area contributed by atoms with E-state index < -0.39 is 0 Å². The van der Waals surface area contributed by atoms with Gasteiger partial charge in [0, 0.05) is 35.8 Å². The number of aromatic nitrogens is 2. The van der Waals surface area contributed by atoms with E-state index in [-0.39, 0.29) is 11.8 Å². The van der Waals surface area contributed by atoms with Gasteiger partial charge in [0.25, 0.3) is 5.91 Å². The normalized spacial score (nSPS) is 13.8. The molecule has 0 saturated carbocycles. The summed E-state index contributed by atoms with van der Waals surface area (Å²) in [5.74, 6) is -0.0988. The number of amides is 2. The summed E-state index contributed by atoms with van der Waals surface area (Å²) >= 11 is 1.36. The molecule has 130 valence electrons. The number of nitrogens with one attached hydrogen (secondary N) is 1. The van der Waals surface area contributed by atoms with E-state index in [9.17, 15) is 9.59 Å². The lowest BCUT2D eigenvalue weighted by molar-refractivity contribution is -0.117. The first-order valence-corrected chi connectivity index (χ1v) is 9.17.